The molecule has 0 aliphatic carbocycles. The van der Waals surface area contributed by atoms with Crippen LogP contribution < -0.4 is 4.72 Å². The second-order valence-corrected chi connectivity index (χ2v) is 7.95. The number of benzene rings is 1. The number of hydrogen-bond donors (Lipinski definition) is 2. The maximum atomic E-state index is 12.2. The molecule has 0 amide bonds. The molecule has 0 saturated carbocycles. The van der Waals surface area contributed by atoms with Crippen LogP contribution in [0.5, 0.6) is 0 Å². The van der Waals surface area contributed by atoms with E-state index in [-0.39, 0.29) is 16.9 Å². The minimum atomic E-state index is -3.55. The molecule has 2 N–H and O–H groups in total. The van der Waals surface area contributed by atoms with Gasteiger partial charge in [0.05, 0.1) is 10.5 Å². The van der Waals surface area contributed by atoms with Crippen LogP contribution in [-0.4, -0.2) is 19.6 Å². The molecule has 1 rings (SSSR count). The fourth-order valence-electron chi connectivity index (χ4n) is 2.11. The molecule has 0 atom stereocenters. The molecule has 1 aromatic rings. The summed E-state index contributed by atoms with van der Waals surface area (Å²) in [4.78, 5) is 0.188. The quantitative estimate of drug-likeness (QED) is 0.878. The summed E-state index contributed by atoms with van der Waals surface area (Å²) in [5.74, 6) is 0.214. The Balaban J connectivity index is 3.41. The molecule has 5 heteroatoms. The van der Waals surface area contributed by atoms with Crippen molar-refractivity contribution >= 4 is 10.0 Å². The van der Waals surface area contributed by atoms with Gasteiger partial charge in [-0.2, -0.15) is 0 Å². The van der Waals surface area contributed by atoms with Crippen molar-refractivity contribution < 1.29 is 13.5 Å². The number of rotatable bonds is 5. The molecule has 114 valence electrons. The summed E-state index contributed by atoms with van der Waals surface area (Å²) in [5, 5.41) is 10.3. The van der Waals surface area contributed by atoms with Gasteiger partial charge in [-0.05, 0) is 56.9 Å². The van der Waals surface area contributed by atoms with Crippen molar-refractivity contribution in [3.8, 4) is 0 Å². The molecule has 20 heavy (non-hydrogen) atoms. The minimum Gasteiger partial charge on any atom is -0.386 e. The van der Waals surface area contributed by atoms with Crippen molar-refractivity contribution in [3.05, 3.63) is 29.3 Å². The number of hydrogen-bond acceptors (Lipinski definition) is 3. The van der Waals surface area contributed by atoms with E-state index in [9.17, 15) is 13.5 Å². The lowest BCUT2D eigenvalue weighted by Gasteiger charge is -2.24. The third-order valence-corrected chi connectivity index (χ3v) is 4.66. The standard InChI is InChI=1S/C15H25NO3S/c1-10(2)13-8-7-12(9-14(13)15(5,6)17)20(18,19)16-11(3)4/h7-11,16-17H,1-6H3. The van der Waals surface area contributed by atoms with E-state index in [1.165, 1.54) is 0 Å². The maximum Gasteiger partial charge on any atom is 0.240 e. The van der Waals surface area contributed by atoms with Gasteiger partial charge in [-0.15, -0.1) is 0 Å². The van der Waals surface area contributed by atoms with E-state index in [0.29, 0.717) is 5.56 Å². The topological polar surface area (TPSA) is 66.4 Å². The molecule has 1 aromatic carbocycles. The Morgan fingerprint density at radius 2 is 1.70 bits per heavy atom. The van der Waals surface area contributed by atoms with Crippen LogP contribution in [-0.2, 0) is 15.6 Å². The average Bonchev–Trinajstić information content (AvgIpc) is 2.25. The van der Waals surface area contributed by atoms with Gasteiger partial charge in [0.2, 0.25) is 10.0 Å². The molecular formula is C15H25NO3S. The monoisotopic (exact) mass is 299 g/mol. The predicted molar refractivity (Wildman–Crippen MR) is 81.2 cm³/mol. The highest BCUT2D eigenvalue weighted by molar-refractivity contribution is 7.89. The van der Waals surface area contributed by atoms with Crippen molar-refractivity contribution in [1.82, 2.24) is 4.72 Å². The second kappa shape index (κ2) is 5.84. The summed E-state index contributed by atoms with van der Waals surface area (Å²) < 4.78 is 27.0. The highest BCUT2D eigenvalue weighted by Crippen LogP contribution is 2.31. The van der Waals surface area contributed by atoms with E-state index in [4.69, 9.17) is 0 Å². The van der Waals surface area contributed by atoms with E-state index < -0.39 is 15.6 Å². The molecule has 0 fully saturated rings. The Morgan fingerprint density at radius 1 is 1.15 bits per heavy atom. The summed E-state index contributed by atoms with van der Waals surface area (Å²) >= 11 is 0. The average molecular weight is 299 g/mol. The molecule has 0 bridgehead atoms. The third-order valence-electron chi connectivity index (χ3n) is 3.01. The van der Waals surface area contributed by atoms with E-state index in [0.717, 1.165) is 5.56 Å². The lowest BCUT2D eigenvalue weighted by Crippen LogP contribution is -2.30. The zero-order chi connectivity index (χ0) is 15.7. The first-order chi connectivity index (χ1) is 8.95. The van der Waals surface area contributed by atoms with E-state index in [1.807, 2.05) is 13.8 Å². The van der Waals surface area contributed by atoms with Gasteiger partial charge >= 0.3 is 0 Å². The van der Waals surface area contributed by atoms with E-state index >= 15 is 0 Å². The maximum absolute atomic E-state index is 12.2. The smallest absolute Gasteiger partial charge is 0.240 e. The lowest BCUT2D eigenvalue weighted by molar-refractivity contribution is 0.0771. The van der Waals surface area contributed by atoms with Crippen LogP contribution in [0.15, 0.2) is 23.1 Å². The first kappa shape index (κ1) is 17.1. The van der Waals surface area contributed by atoms with Crippen molar-refractivity contribution in [2.24, 2.45) is 0 Å². The summed E-state index contributed by atoms with van der Waals surface area (Å²) in [7, 11) is -3.55. The van der Waals surface area contributed by atoms with Gasteiger partial charge in [0.25, 0.3) is 0 Å². The Morgan fingerprint density at radius 3 is 2.10 bits per heavy atom. The van der Waals surface area contributed by atoms with Crippen LogP contribution in [0, 0.1) is 0 Å². The normalized spacial score (nSPS) is 13.2. The lowest BCUT2D eigenvalue weighted by atomic mass is 9.88. The van der Waals surface area contributed by atoms with Crippen molar-refractivity contribution in [3.63, 3.8) is 0 Å². The summed E-state index contributed by atoms with van der Waals surface area (Å²) in [6.45, 7) is 10.9. The van der Waals surface area contributed by atoms with Gasteiger partial charge < -0.3 is 5.11 Å². The van der Waals surface area contributed by atoms with E-state index in [2.05, 4.69) is 4.72 Å². The molecule has 0 unspecified atom stereocenters. The van der Waals surface area contributed by atoms with Gasteiger partial charge in [-0.3, -0.25) is 0 Å². The Hall–Kier alpha value is -0.910. The molecule has 0 aliphatic rings. The molecule has 4 nitrogen and oxygen atoms in total. The third kappa shape index (κ3) is 4.04. The highest BCUT2D eigenvalue weighted by atomic mass is 32.2. The number of aliphatic hydroxyl groups is 1. The molecule has 0 spiro atoms. The van der Waals surface area contributed by atoms with Crippen molar-refractivity contribution in [2.75, 3.05) is 0 Å². The molecule has 0 saturated heterocycles. The van der Waals surface area contributed by atoms with Gasteiger partial charge in [0.1, 0.15) is 0 Å². The zero-order valence-corrected chi connectivity index (χ0v) is 13.9. The molecule has 0 aliphatic heterocycles. The summed E-state index contributed by atoms with van der Waals surface area (Å²) in [6, 6.07) is 4.78. The van der Waals surface area contributed by atoms with Crippen LogP contribution >= 0.6 is 0 Å². The Bertz CT molecular complexity index is 569. The molecular weight excluding hydrogens is 274 g/mol. The van der Waals surface area contributed by atoms with Gasteiger partial charge in [-0.1, -0.05) is 19.9 Å². The van der Waals surface area contributed by atoms with Crippen LogP contribution in [0.25, 0.3) is 0 Å². The summed E-state index contributed by atoms with van der Waals surface area (Å²) in [5.41, 5.74) is 0.531. The van der Waals surface area contributed by atoms with Crippen LogP contribution in [0.3, 0.4) is 0 Å². The summed E-state index contributed by atoms with van der Waals surface area (Å²) in [6.07, 6.45) is 0. The molecule has 0 heterocycles. The van der Waals surface area contributed by atoms with Crippen LogP contribution in [0.2, 0.25) is 0 Å². The zero-order valence-electron chi connectivity index (χ0n) is 13.1. The van der Waals surface area contributed by atoms with Crippen LogP contribution in [0.1, 0.15) is 58.6 Å². The van der Waals surface area contributed by atoms with Crippen molar-refractivity contribution in [2.45, 2.75) is 64.0 Å². The molecule has 0 aromatic heterocycles. The minimum absolute atomic E-state index is 0.171. The predicted octanol–water partition coefficient (Wildman–Crippen LogP) is 2.72. The number of nitrogens with one attached hydrogen (secondary N) is 1. The molecule has 0 radical (unpaired) electrons. The SMILES string of the molecule is CC(C)NS(=O)(=O)c1ccc(C(C)C)c(C(C)(C)O)c1. The first-order valence-electron chi connectivity index (χ1n) is 6.84. The highest BCUT2D eigenvalue weighted by Gasteiger charge is 2.25. The largest absolute Gasteiger partial charge is 0.386 e. The van der Waals surface area contributed by atoms with Crippen molar-refractivity contribution in [1.29, 1.82) is 0 Å². The van der Waals surface area contributed by atoms with Crippen LogP contribution in [0.4, 0.5) is 0 Å². The van der Waals surface area contributed by atoms with E-state index in [1.54, 1.807) is 45.9 Å². The number of sulfonamides is 1. The Kier molecular flexibility index (Phi) is 5.00. The Labute approximate surface area is 122 Å². The van der Waals surface area contributed by atoms with Gasteiger partial charge in [0, 0.05) is 6.04 Å². The fraction of sp³-hybridized carbons (Fsp3) is 0.600. The van der Waals surface area contributed by atoms with Gasteiger partial charge in [-0.25, -0.2) is 13.1 Å². The van der Waals surface area contributed by atoms with Gasteiger partial charge in [0.15, 0.2) is 0 Å². The second-order valence-electron chi connectivity index (χ2n) is 6.24. The first-order valence-corrected chi connectivity index (χ1v) is 8.32. The fourth-order valence-corrected chi connectivity index (χ4v) is 3.39.